The smallest absolute Gasteiger partial charge is 0.353 e. The van der Waals surface area contributed by atoms with E-state index in [9.17, 15) is 9.90 Å². The van der Waals surface area contributed by atoms with Crippen LogP contribution < -0.4 is 0 Å². The third-order valence-electron chi connectivity index (χ3n) is 2.36. The van der Waals surface area contributed by atoms with Crippen LogP contribution in [0.3, 0.4) is 0 Å². The maximum Gasteiger partial charge on any atom is 0.353 e. The van der Waals surface area contributed by atoms with Gasteiger partial charge in [0.1, 0.15) is 11.4 Å². The number of aromatic nitrogens is 2. The minimum Gasteiger partial charge on any atom is -0.507 e. The Hall–Kier alpha value is -1.82. The lowest BCUT2D eigenvalue weighted by Gasteiger charge is -2.04. The number of nitrogens with zero attached hydrogens (tertiary/aromatic N) is 1. The van der Waals surface area contributed by atoms with E-state index in [0.29, 0.717) is 11.3 Å². The number of hydrogen-bond donors (Lipinski definition) is 3. The van der Waals surface area contributed by atoms with Crippen LogP contribution in [0.2, 0.25) is 0 Å². The standard InChI is InChI=1S/C11H9BrN2O3/c1-5-2-10(15)6(3-7(5)12)8-4-9(11(16)17)14-13-8/h2-4,15H,1H3,(H,13,14)(H,16,17). The van der Waals surface area contributed by atoms with Crippen molar-refractivity contribution in [3.05, 3.63) is 33.9 Å². The van der Waals surface area contributed by atoms with Crippen LogP contribution in [-0.2, 0) is 0 Å². The van der Waals surface area contributed by atoms with Gasteiger partial charge >= 0.3 is 5.97 Å². The van der Waals surface area contributed by atoms with Gasteiger partial charge in [-0.25, -0.2) is 4.79 Å². The summed E-state index contributed by atoms with van der Waals surface area (Å²) in [5.41, 5.74) is 1.74. The molecule has 0 fully saturated rings. The number of aromatic carboxylic acids is 1. The van der Waals surface area contributed by atoms with Crippen molar-refractivity contribution in [1.82, 2.24) is 10.2 Å². The van der Waals surface area contributed by atoms with Crippen LogP contribution in [0.25, 0.3) is 11.3 Å². The Morgan fingerprint density at radius 3 is 2.71 bits per heavy atom. The topological polar surface area (TPSA) is 86.2 Å². The van der Waals surface area contributed by atoms with Crippen molar-refractivity contribution < 1.29 is 15.0 Å². The maximum absolute atomic E-state index is 10.7. The SMILES string of the molecule is Cc1cc(O)c(-c2cc(C(=O)O)[nH]n2)cc1Br. The van der Waals surface area contributed by atoms with Gasteiger partial charge in [0.25, 0.3) is 0 Å². The number of benzene rings is 1. The van der Waals surface area contributed by atoms with Gasteiger partial charge in [-0.3, -0.25) is 5.10 Å². The van der Waals surface area contributed by atoms with Gasteiger partial charge in [-0.05, 0) is 30.7 Å². The number of nitrogens with one attached hydrogen (secondary N) is 1. The first kappa shape index (κ1) is 11.7. The zero-order chi connectivity index (χ0) is 12.6. The Morgan fingerprint density at radius 2 is 2.12 bits per heavy atom. The molecule has 2 aromatic rings. The molecule has 1 aromatic carbocycles. The molecule has 0 bridgehead atoms. The largest absolute Gasteiger partial charge is 0.507 e. The van der Waals surface area contributed by atoms with Gasteiger partial charge in [-0.1, -0.05) is 15.9 Å². The number of aromatic amines is 1. The van der Waals surface area contributed by atoms with Crippen LogP contribution in [0.5, 0.6) is 5.75 Å². The van der Waals surface area contributed by atoms with Gasteiger partial charge in [0.2, 0.25) is 0 Å². The molecule has 0 atom stereocenters. The van der Waals surface area contributed by atoms with E-state index in [1.165, 1.54) is 6.07 Å². The molecule has 88 valence electrons. The number of carboxylic acids is 1. The molecule has 0 radical (unpaired) electrons. The van der Waals surface area contributed by atoms with Crippen molar-refractivity contribution in [2.75, 3.05) is 0 Å². The third kappa shape index (κ3) is 2.16. The first-order valence-electron chi connectivity index (χ1n) is 4.77. The number of carbonyl (C=O) groups is 1. The molecule has 0 spiro atoms. The summed E-state index contributed by atoms with van der Waals surface area (Å²) in [5.74, 6) is -1.02. The summed E-state index contributed by atoms with van der Waals surface area (Å²) in [4.78, 5) is 10.7. The Balaban J connectivity index is 2.52. The van der Waals surface area contributed by atoms with Crippen LogP contribution in [-0.4, -0.2) is 26.4 Å². The second kappa shape index (κ2) is 4.21. The Kier molecular flexibility index (Phi) is 2.89. The first-order valence-corrected chi connectivity index (χ1v) is 5.56. The average molecular weight is 297 g/mol. The fourth-order valence-corrected chi connectivity index (χ4v) is 1.78. The lowest BCUT2D eigenvalue weighted by Crippen LogP contribution is -1.95. The number of aryl methyl sites for hydroxylation is 1. The number of phenolic OH excluding ortho intramolecular Hbond substituents is 1. The molecule has 0 aliphatic heterocycles. The fraction of sp³-hybridized carbons (Fsp3) is 0.0909. The van der Waals surface area contributed by atoms with Gasteiger partial charge in [-0.2, -0.15) is 5.10 Å². The van der Waals surface area contributed by atoms with Crippen LogP contribution in [0.1, 0.15) is 16.1 Å². The molecule has 2 rings (SSSR count). The normalized spacial score (nSPS) is 10.5. The van der Waals surface area contributed by atoms with Gasteiger partial charge in [0.05, 0.1) is 5.69 Å². The van der Waals surface area contributed by atoms with Crippen LogP contribution in [0.4, 0.5) is 0 Å². The monoisotopic (exact) mass is 296 g/mol. The average Bonchev–Trinajstić information content (AvgIpc) is 2.72. The van der Waals surface area contributed by atoms with Crippen LogP contribution >= 0.6 is 15.9 Å². The Morgan fingerprint density at radius 1 is 1.41 bits per heavy atom. The highest BCUT2D eigenvalue weighted by molar-refractivity contribution is 9.10. The van der Waals surface area contributed by atoms with E-state index >= 15 is 0 Å². The van der Waals surface area contributed by atoms with E-state index in [0.717, 1.165) is 10.0 Å². The summed E-state index contributed by atoms with van der Waals surface area (Å²) >= 11 is 3.35. The van der Waals surface area contributed by atoms with Gasteiger partial charge in [0.15, 0.2) is 0 Å². The van der Waals surface area contributed by atoms with Crippen molar-refractivity contribution in [2.24, 2.45) is 0 Å². The van der Waals surface area contributed by atoms with Crippen LogP contribution in [0, 0.1) is 6.92 Å². The van der Waals surface area contributed by atoms with Crippen molar-refractivity contribution >= 4 is 21.9 Å². The second-order valence-corrected chi connectivity index (χ2v) is 4.44. The van der Waals surface area contributed by atoms with E-state index in [-0.39, 0.29) is 11.4 Å². The minimum absolute atomic E-state index is 0.0175. The molecular formula is C11H9BrN2O3. The van der Waals surface area contributed by atoms with E-state index in [4.69, 9.17) is 5.11 Å². The fourth-order valence-electron chi connectivity index (χ4n) is 1.44. The molecule has 0 aliphatic rings. The lowest BCUT2D eigenvalue weighted by atomic mass is 10.1. The number of hydrogen-bond acceptors (Lipinski definition) is 3. The number of phenols is 1. The molecular weight excluding hydrogens is 288 g/mol. The number of aromatic hydroxyl groups is 1. The Bertz CT molecular complexity index is 592. The lowest BCUT2D eigenvalue weighted by molar-refractivity contribution is 0.0690. The zero-order valence-electron chi connectivity index (χ0n) is 8.86. The Labute approximate surface area is 105 Å². The predicted molar refractivity (Wildman–Crippen MR) is 65.1 cm³/mol. The number of rotatable bonds is 2. The van der Waals surface area contributed by atoms with Gasteiger partial charge in [0, 0.05) is 10.0 Å². The quantitative estimate of drug-likeness (QED) is 0.795. The summed E-state index contributed by atoms with van der Waals surface area (Å²) in [6.07, 6.45) is 0. The van der Waals surface area contributed by atoms with E-state index in [1.54, 1.807) is 12.1 Å². The number of halogens is 1. The molecule has 6 heteroatoms. The summed E-state index contributed by atoms with van der Waals surface area (Å²) in [6, 6.07) is 4.67. The van der Waals surface area contributed by atoms with E-state index < -0.39 is 5.97 Å². The van der Waals surface area contributed by atoms with Crippen molar-refractivity contribution in [1.29, 1.82) is 0 Å². The van der Waals surface area contributed by atoms with Crippen molar-refractivity contribution in [3.8, 4) is 17.0 Å². The number of carboxylic acid groups (broad SMARTS) is 1. The second-order valence-electron chi connectivity index (χ2n) is 3.59. The predicted octanol–water partition coefficient (Wildman–Crippen LogP) is 2.55. The summed E-state index contributed by atoms with van der Waals surface area (Å²) < 4.78 is 0.824. The highest BCUT2D eigenvalue weighted by atomic mass is 79.9. The van der Waals surface area contributed by atoms with Gasteiger partial charge < -0.3 is 10.2 Å². The van der Waals surface area contributed by atoms with E-state index in [2.05, 4.69) is 26.1 Å². The summed E-state index contributed by atoms with van der Waals surface area (Å²) in [7, 11) is 0. The molecule has 5 nitrogen and oxygen atoms in total. The molecule has 0 saturated heterocycles. The highest BCUT2D eigenvalue weighted by Gasteiger charge is 2.13. The molecule has 0 saturated carbocycles. The molecule has 1 heterocycles. The van der Waals surface area contributed by atoms with Crippen molar-refractivity contribution in [2.45, 2.75) is 6.92 Å². The maximum atomic E-state index is 10.7. The minimum atomic E-state index is -1.09. The highest BCUT2D eigenvalue weighted by Crippen LogP contribution is 2.33. The zero-order valence-corrected chi connectivity index (χ0v) is 10.4. The number of H-pyrrole nitrogens is 1. The van der Waals surface area contributed by atoms with E-state index in [1.807, 2.05) is 6.92 Å². The first-order chi connectivity index (χ1) is 7.99. The summed E-state index contributed by atoms with van der Waals surface area (Å²) in [5, 5.41) is 24.8. The third-order valence-corrected chi connectivity index (χ3v) is 3.22. The van der Waals surface area contributed by atoms with Crippen LogP contribution in [0.15, 0.2) is 22.7 Å². The molecule has 0 aliphatic carbocycles. The molecule has 3 N–H and O–H groups in total. The van der Waals surface area contributed by atoms with Gasteiger partial charge in [-0.15, -0.1) is 0 Å². The molecule has 0 amide bonds. The summed E-state index contributed by atoms with van der Waals surface area (Å²) in [6.45, 7) is 1.85. The molecule has 1 aromatic heterocycles. The molecule has 17 heavy (non-hydrogen) atoms. The van der Waals surface area contributed by atoms with Crippen molar-refractivity contribution in [3.63, 3.8) is 0 Å². The molecule has 0 unspecified atom stereocenters.